The highest BCUT2D eigenvalue weighted by atomic mass is 16.4. The van der Waals surface area contributed by atoms with Crippen molar-refractivity contribution in [1.29, 1.82) is 0 Å². The van der Waals surface area contributed by atoms with Crippen molar-refractivity contribution in [3.05, 3.63) is 35.4 Å². The van der Waals surface area contributed by atoms with Crippen LogP contribution in [-0.2, 0) is 22.4 Å². The highest BCUT2D eigenvalue weighted by Gasteiger charge is 2.24. The van der Waals surface area contributed by atoms with Crippen molar-refractivity contribution < 1.29 is 14.7 Å². The summed E-state index contributed by atoms with van der Waals surface area (Å²) in [6.45, 7) is 3.73. The summed E-state index contributed by atoms with van der Waals surface area (Å²) in [4.78, 5) is 27.4. The fraction of sp³-hybridized carbons (Fsp3) is 0.619. The number of unbranched alkanes of at least 4 members (excludes halogenated alkanes) is 1. The van der Waals surface area contributed by atoms with Crippen LogP contribution in [0.25, 0.3) is 0 Å². The van der Waals surface area contributed by atoms with E-state index < -0.39 is 5.97 Å². The first-order valence-corrected chi connectivity index (χ1v) is 9.77. The Morgan fingerprint density at radius 2 is 1.85 bits per heavy atom. The Morgan fingerprint density at radius 3 is 2.50 bits per heavy atom. The summed E-state index contributed by atoms with van der Waals surface area (Å²) < 4.78 is 0. The molecule has 1 aliphatic rings. The number of likely N-dealkylation sites (N-methyl/N-ethyl adjacent to an activating group) is 1. The van der Waals surface area contributed by atoms with E-state index in [1.54, 1.807) is 0 Å². The maximum Gasteiger partial charge on any atom is 0.317 e. The number of amides is 1. The van der Waals surface area contributed by atoms with Gasteiger partial charge in [-0.25, -0.2) is 0 Å². The molecule has 1 unspecified atom stereocenters. The second-order valence-corrected chi connectivity index (χ2v) is 7.37. The van der Waals surface area contributed by atoms with E-state index in [0.717, 1.165) is 37.8 Å². The highest BCUT2D eigenvalue weighted by molar-refractivity contribution is 5.78. The molecule has 1 atom stereocenters. The predicted octanol–water partition coefficient (Wildman–Crippen LogP) is 2.97. The first-order chi connectivity index (χ1) is 12.5. The van der Waals surface area contributed by atoms with Crippen molar-refractivity contribution in [3.63, 3.8) is 0 Å². The molecule has 0 radical (unpaired) electrons. The van der Waals surface area contributed by atoms with Gasteiger partial charge in [0.15, 0.2) is 0 Å². The third kappa shape index (κ3) is 6.45. The number of aliphatic carboxylic acids is 1. The van der Waals surface area contributed by atoms with Crippen LogP contribution in [0.15, 0.2) is 24.3 Å². The van der Waals surface area contributed by atoms with Crippen molar-refractivity contribution in [2.24, 2.45) is 0 Å². The van der Waals surface area contributed by atoms with Crippen LogP contribution in [0.2, 0.25) is 0 Å². The molecule has 5 heteroatoms. The number of benzene rings is 1. The summed E-state index contributed by atoms with van der Waals surface area (Å²) in [6, 6.07) is 8.66. The van der Waals surface area contributed by atoms with Crippen LogP contribution in [0.3, 0.4) is 0 Å². The van der Waals surface area contributed by atoms with Crippen LogP contribution in [-0.4, -0.2) is 59.5 Å². The average Bonchev–Trinajstić information content (AvgIpc) is 2.87. The lowest BCUT2D eigenvalue weighted by Gasteiger charge is -2.25. The normalized spacial score (nSPS) is 18.0. The van der Waals surface area contributed by atoms with E-state index in [9.17, 15) is 9.59 Å². The number of likely N-dealkylation sites (tertiary alicyclic amines) is 1. The molecule has 0 saturated carbocycles. The van der Waals surface area contributed by atoms with E-state index in [1.165, 1.54) is 18.4 Å². The van der Waals surface area contributed by atoms with Crippen molar-refractivity contribution >= 4 is 11.9 Å². The molecule has 0 aromatic heterocycles. The zero-order valence-corrected chi connectivity index (χ0v) is 16.1. The fourth-order valence-electron chi connectivity index (χ4n) is 3.60. The van der Waals surface area contributed by atoms with Crippen LogP contribution in [0, 0.1) is 0 Å². The van der Waals surface area contributed by atoms with Crippen molar-refractivity contribution in [3.8, 4) is 0 Å². The predicted molar refractivity (Wildman–Crippen MR) is 103 cm³/mol. The summed E-state index contributed by atoms with van der Waals surface area (Å²) in [5, 5.41) is 8.95. The molecule has 1 aromatic carbocycles. The highest BCUT2D eigenvalue weighted by Crippen LogP contribution is 2.17. The summed E-state index contributed by atoms with van der Waals surface area (Å²) in [7, 11) is 1.86. The van der Waals surface area contributed by atoms with Gasteiger partial charge in [0.1, 0.15) is 0 Å². The largest absolute Gasteiger partial charge is 0.480 e. The minimum absolute atomic E-state index is 0.0585. The zero-order valence-electron chi connectivity index (χ0n) is 16.1. The van der Waals surface area contributed by atoms with Crippen LogP contribution >= 0.6 is 0 Å². The average molecular weight is 360 g/mol. The van der Waals surface area contributed by atoms with E-state index in [-0.39, 0.29) is 18.5 Å². The molecule has 1 saturated heterocycles. The standard InChI is InChI=1S/C21H32N2O3/c1-3-4-6-17-8-10-18(11-9-17)15-20(24)23-13-5-7-19(12-14-23)22(2)16-21(25)26/h8-11,19H,3-7,12-16H2,1-2H3,(H,25,26). The van der Waals surface area contributed by atoms with Gasteiger partial charge in [0.05, 0.1) is 13.0 Å². The lowest BCUT2D eigenvalue weighted by molar-refractivity contribution is -0.138. The van der Waals surface area contributed by atoms with E-state index in [1.807, 2.05) is 16.8 Å². The molecule has 0 spiro atoms. The molecule has 0 aliphatic carbocycles. The van der Waals surface area contributed by atoms with E-state index in [0.29, 0.717) is 13.0 Å². The number of carboxylic acid groups (broad SMARTS) is 1. The van der Waals surface area contributed by atoms with Gasteiger partial charge in [0, 0.05) is 19.1 Å². The summed E-state index contributed by atoms with van der Waals surface area (Å²) in [5.41, 5.74) is 2.40. The lowest BCUT2D eigenvalue weighted by Crippen LogP contribution is -2.37. The Morgan fingerprint density at radius 1 is 1.15 bits per heavy atom. The van der Waals surface area contributed by atoms with Crippen molar-refractivity contribution in [2.75, 3.05) is 26.7 Å². The smallest absolute Gasteiger partial charge is 0.317 e. The molecule has 0 bridgehead atoms. The second-order valence-electron chi connectivity index (χ2n) is 7.37. The number of aryl methyl sites for hydroxylation is 1. The first kappa shape index (κ1) is 20.4. The maximum absolute atomic E-state index is 12.6. The van der Waals surface area contributed by atoms with Gasteiger partial charge in [0.25, 0.3) is 0 Å². The second kappa shape index (κ2) is 10.3. The molecule has 1 N–H and O–H groups in total. The van der Waals surface area contributed by atoms with Gasteiger partial charge in [-0.05, 0) is 50.3 Å². The zero-order chi connectivity index (χ0) is 18.9. The maximum atomic E-state index is 12.6. The van der Waals surface area contributed by atoms with Crippen LogP contribution in [0.1, 0.15) is 50.2 Å². The Hall–Kier alpha value is -1.88. The number of hydrogen-bond acceptors (Lipinski definition) is 3. The minimum atomic E-state index is -0.799. The van der Waals surface area contributed by atoms with Crippen LogP contribution in [0.5, 0.6) is 0 Å². The molecular formula is C21H32N2O3. The molecular weight excluding hydrogens is 328 g/mol. The minimum Gasteiger partial charge on any atom is -0.480 e. The molecule has 144 valence electrons. The Balaban J connectivity index is 1.84. The quantitative estimate of drug-likeness (QED) is 0.774. The van der Waals surface area contributed by atoms with E-state index >= 15 is 0 Å². The number of carboxylic acids is 1. The van der Waals surface area contributed by atoms with Gasteiger partial charge in [-0.1, -0.05) is 37.6 Å². The van der Waals surface area contributed by atoms with Gasteiger partial charge < -0.3 is 10.0 Å². The summed E-state index contributed by atoms with van der Waals surface area (Å²) in [5.74, 6) is -0.625. The molecule has 1 aromatic rings. The van der Waals surface area contributed by atoms with Gasteiger partial charge in [0.2, 0.25) is 5.91 Å². The number of rotatable bonds is 8. The van der Waals surface area contributed by atoms with Gasteiger partial charge in [-0.3, -0.25) is 14.5 Å². The molecule has 5 nitrogen and oxygen atoms in total. The molecule has 1 amide bonds. The van der Waals surface area contributed by atoms with Gasteiger partial charge in [-0.15, -0.1) is 0 Å². The summed E-state index contributed by atoms with van der Waals surface area (Å²) >= 11 is 0. The molecule has 1 aliphatic heterocycles. The molecule has 2 rings (SSSR count). The van der Waals surface area contributed by atoms with E-state index in [4.69, 9.17) is 5.11 Å². The Bertz CT molecular complexity index is 585. The number of carbonyl (C=O) groups is 2. The number of carbonyl (C=O) groups excluding carboxylic acids is 1. The van der Waals surface area contributed by atoms with Crippen LogP contribution < -0.4 is 0 Å². The molecule has 26 heavy (non-hydrogen) atoms. The van der Waals surface area contributed by atoms with Crippen molar-refractivity contribution in [1.82, 2.24) is 9.80 Å². The van der Waals surface area contributed by atoms with Crippen molar-refractivity contribution in [2.45, 2.75) is 57.9 Å². The van der Waals surface area contributed by atoms with Gasteiger partial charge >= 0.3 is 5.97 Å². The topological polar surface area (TPSA) is 60.9 Å². The Labute approximate surface area is 157 Å². The third-order valence-electron chi connectivity index (χ3n) is 5.26. The molecule has 1 heterocycles. The number of nitrogens with zero attached hydrogens (tertiary/aromatic N) is 2. The molecule has 1 fully saturated rings. The van der Waals surface area contributed by atoms with Crippen LogP contribution in [0.4, 0.5) is 0 Å². The first-order valence-electron chi connectivity index (χ1n) is 9.77. The summed E-state index contributed by atoms with van der Waals surface area (Å²) in [6.07, 6.45) is 6.65. The fourth-order valence-corrected chi connectivity index (χ4v) is 3.60. The van der Waals surface area contributed by atoms with Gasteiger partial charge in [-0.2, -0.15) is 0 Å². The third-order valence-corrected chi connectivity index (χ3v) is 5.26. The van der Waals surface area contributed by atoms with E-state index in [2.05, 4.69) is 31.2 Å². The lowest BCUT2D eigenvalue weighted by atomic mass is 10.0. The number of hydrogen-bond donors (Lipinski definition) is 1. The monoisotopic (exact) mass is 360 g/mol. The SMILES string of the molecule is CCCCc1ccc(CC(=O)N2CCCC(N(C)CC(=O)O)CC2)cc1. The Kier molecular flexibility index (Phi) is 8.10.